The Morgan fingerprint density at radius 1 is 1.75 bits per heavy atom. The van der Waals surface area contributed by atoms with Gasteiger partial charge in [-0.05, 0) is 13.0 Å². The van der Waals surface area contributed by atoms with E-state index in [1.165, 1.54) is 6.20 Å². The van der Waals surface area contributed by atoms with E-state index in [4.69, 9.17) is 10.5 Å². The number of rotatable bonds is 6. The van der Waals surface area contributed by atoms with Crippen molar-refractivity contribution in [3.8, 4) is 0 Å². The number of nitrogens with two attached hydrogens (primary N) is 1. The zero-order chi connectivity index (χ0) is 12.0. The SMILES string of the molecule is COCC(CCN)NC(=O)c1cncn1C. The molecule has 0 saturated carbocycles. The van der Waals surface area contributed by atoms with Crippen LogP contribution in [0.1, 0.15) is 16.9 Å². The summed E-state index contributed by atoms with van der Waals surface area (Å²) < 4.78 is 6.68. The molecular formula is C10H18N4O2. The minimum absolute atomic E-state index is 0.0580. The smallest absolute Gasteiger partial charge is 0.269 e. The maximum Gasteiger partial charge on any atom is 0.269 e. The Hall–Kier alpha value is -1.40. The molecule has 1 rings (SSSR count). The molecule has 3 N–H and O–H groups in total. The van der Waals surface area contributed by atoms with Crippen LogP contribution in [0.4, 0.5) is 0 Å². The van der Waals surface area contributed by atoms with Crippen LogP contribution < -0.4 is 11.1 Å². The van der Waals surface area contributed by atoms with E-state index in [2.05, 4.69) is 10.3 Å². The van der Waals surface area contributed by atoms with Crippen LogP contribution in [-0.4, -0.2) is 41.8 Å². The molecule has 0 aromatic carbocycles. The highest BCUT2D eigenvalue weighted by atomic mass is 16.5. The van der Waals surface area contributed by atoms with Crippen LogP contribution in [0.2, 0.25) is 0 Å². The van der Waals surface area contributed by atoms with Gasteiger partial charge in [0, 0.05) is 14.2 Å². The molecule has 0 spiro atoms. The molecule has 1 aromatic rings. The quantitative estimate of drug-likeness (QED) is 0.686. The number of carbonyl (C=O) groups is 1. The number of amides is 1. The standard InChI is InChI=1S/C10H18N4O2/c1-14-7-12-5-9(14)10(15)13-8(3-4-11)6-16-2/h5,7-8H,3-4,6,11H2,1-2H3,(H,13,15). The van der Waals surface area contributed by atoms with Crippen LogP contribution in [0.5, 0.6) is 0 Å². The third kappa shape index (κ3) is 3.32. The maximum absolute atomic E-state index is 11.8. The molecule has 1 atom stereocenters. The molecule has 0 saturated heterocycles. The van der Waals surface area contributed by atoms with Gasteiger partial charge in [-0.3, -0.25) is 4.79 Å². The van der Waals surface area contributed by atoms with Gasteiger partial charge in [0.25, 0.3) is 5.91 Å². The lowest BCUT2D eigenvalue weighted by Crippen LogP contribution is -2.40. The van der Waals surface area contributed by atoms with E-state index in [0.717, 1.165) is 0 Å². The first-order valence-corrected chi connectivity index (χ1v) is 5.15. The van der Waals surface area contributed by atoms with Crippen molar-refractivity contribution in [2.45, 2.75) is 12.5 Å². The Morgan fingerprint density at radius 3 is 3.00 bits per heavy atom. The number of ether oxygens (including phenoxy) is 1. The molecule has 6 heteroatoms. The van der Waals surface area contributed by atoms with E-state index >= 15 is 0 Å². The number of imidazole rings is 1. The summed E-state index contributed by atoms with van der Waals surface area (Å²) in [6.45, 7) is 0.973. The van der Waals surface area contributed by atoms with Gasteiger partial charge in [-0.2, -0.15) is 0 Å². The van der Waals surface area contributed by atoms with Crippen molar-refractivity contribution in [3.05, 3.63) is 18.2 Å². The van der Waals surface area contributed by atoms with E-state index in [0.29, 0.717) is 25.3 Å². The number of carbonyl (C=O) groups excluding carboxylic acids is 1. The van der Waals surface area contributed by atoms with Crippen LogP contribution in [0, 0.1) is 0 Å². The summed E-state index contributed by atoms with van der Waals surface area (Å²) in [4.78, 5) is 15.7. The van der Waals surface area contributed by atoms with Crippen molar-refractivity contribution in [2.24, 2.45) is 12.8 Å². The summed E-state index contributed by atoms with van der Waals surface area (Å²) in [5, 5.41) is 2.86. The molecule has 0 bridgehead atoms. The van der Waals surface area contributed by atoms with Crippen molar-refractivity contribution >= 4 is 5.91 Å². The first-order valence-electron chi connectivity index (χ1n) is 5.15. The third-order valence-corrected chi connectivity index (χ3v) is 2.27. The van der Waals surface area contributed by atoms with E-state index in [9.17, 15) is 4.79 Å². The zero-order valence-electron chi connectivity index (χ0n) is 9.64. The number of hydrogen-bond acceptors (Lipinski definition) is 4. The molecule has 0 aliphatic carbocycles. The number of hydrogen-bond donors (Lipinski definition) is 2. The fourth-order valence-corrected chi connectivity index (χ4v) is 1.43. The van der Waals surface area contributed by atoms with Crippen LogP contribution in [0.25, 0.3) is 0 Å². The molecule has 0 fully saturated rings. The second kappa shape index (κ2) is 6.24. The Bertz CT molecular complexity index is 331. The molecule has 90 valence electrons. The predicted octanol–water partition coefficient (Wildman–Crippen LogP) is -0.486. The van der Waals surface area contributed by atoms with Gasteiger partial charge < -0.3 is 20.4 Å². The third-order valence-electron chi connectivity index (χ3n) is 2.27. The van der Waals surface area contributed by atoms with E-state index in [1.807, 2.05) is 0 Å². The van der Waals surface area contributed by atoms with Crippen molar-refractivity contribution in [3.63, 3.8) is 0 Å². The molecule has 1 amide bonds. The summed E-state index contributed by atoms with van der Waals surface area (Å²) >= 11 is 0. The first kappa shape index (κ1) is 12.7. The molecule has 1 aromatic heterocycles. The highest BCUT2D eigenvalue weighted by Crippen LogP contribution is 1.99. The molecule has 1 unspecified atom stereocenters. The van der Waals surface area contributed by atoms with Crippen molar-refractivity contribution in [2.75, 3.05) is 20.3 Å². The fourth-order valence-electron chi connectivity index (χ4n) is 1.43. The van der Waals surface area contributed by atoms with E-state index in [-0.39, 0.29) is 11.9 Å². The van der Waals surface area contributed by atoms with Crippen LogP contribution in [-0.2, 0) is 11.8 Å². The number of aryl methyl sites for hydroxylation is 1. The summed E-state index contributed by atoms with van der Waals surface area (Å²) in [5.41, 5.74) is 5.99. The lowest BCUT2D eigenvalue weighted by Gasteiger charge is -2.16. The second-order valence-corrected chi connectivity index (χ2v) is 3.59. The molecule has 1 heterocycles. The van der Waals surface area contributed by atoms with Gasteiger partial charge in [0.1, 0.15) is 5.69 Å². The zero-order valence-corrected chi connectivity index (χ0v) is 9.64. The summed E-state index contributed by atoms with van der Waals surface area (Å²) in [5.74, 6) is -0.157. The second-order valence-electron chi connectivity index (χ2n) is 3.59. The van der Waals surface area contributed by atoms with Gasteiger partial charge in [-0.1, -0.05) is 0 Å². The molecule has 0 aliphatic rings. The molecule has 16 heavy (non-hydrogen) atoms. The number of nitrogens with zero attached hydrogens (tertiary/aromatic N) is 2. The Balaban J connectivity index is 2.58. The minimum Gasteiger partial charge on any atom is -0.383 e. The van der Waals surface area contributed by atoms with Gasteiger partial charge in [-0.15, -0.1) is 0 Å². The average Bonchev–Trinajstić information content (AvgIpc) is 2.65. The fraction of sp³-hybridized carbons (Fsp3) is 0.600. The van der Waals surface area contributed by atoms with Crippen molar-refractivity contribution < 1.29 is 9.53 Å². The van der Waals surface area contributed by atoms with Crippen molar-refractivity contribution in [1.29, 1.82) is 0 Å². The van der Waals surface area contributed by atoms with Crippen LogP contribution in [0.15, 0.2) is 12.5 Å². The summed E-state index contributed by atoms with van der Waals surface area (Å²) in [7, 11) is 3.37. The largest absolute Gasteiger partial charge is 0.383 e. The Kier molecular flexibility index (Phi) is 4.94. The highest BCUT2D eigenvalue weighted by Gasteiger charge is 2.15. The van der Waals surface area contributed by atoms with Gasteiger partial charge in [-0.25, -0.2) is 4.98 Å². The lowest BCUT2D eigenvalue weighted by molar-refractivity contribution is 0.0885. The van der Waals surface area contributed by atoms with Gasteiger partial charge >= 0.3 is 0 Å². The number of methoxy groups -OCH3 is 1. The summed E-state index contributed by atoms with van der Waals surface area (Å²) in [6, 6.07) is -0.0580. The monoisotopic (exact) mass is 226 g/mol. The molecular weight excluding hydrogens is 208 g/mol. The lowest BCUT2D eigenvalue weighted by atomic mass is 10.2. The first-order chi connectivity index (χ1) is 7.69. The predicted molar refractivity (Wildman–Crippen MR) is 60.0 cm³/mol. The number of nitrogens with one attached hydrogen (secondary N) is 1. The van der Waals surface area contributed by atoms with E-state index < -0.39 is 0 Å². The van der Waals surface area contributed by atoms with Gasteiger partial charge in [0.05, 0.1) is 25.2 Å². The van der Waals surface area contributed by atoms with Crippen molar-refractivity contribution in [1.82, 2.24) is 14.9 Å². The molecule has 0 aliphatic heterocycles. The topological polar surface area (TPSA) is 82.2 Å². The minimum atomic E-state index is -0.157. The Morgan fingerprint density at radius 2 is 2.50 bits per heavy atom. The molecule has 0 radical (unpaired) electrons. The van der Waals surface area contributed by atoms with Crippen LogP contribution >= 0.6 is 0 Å². The Labute approximate surface area is 94.8 Å². The maximum atomic E-state index is 11.8. The van der Waals surface area contributed by atoms with E-state index in [1.54, 1.807) is 25.1 Å². The van der Waals surface area contributed by atoms with Gasteiger partial charge in [0.15, 0.2) is 0 Å². The normalized spacial score (nSPS) is 12.4. The van der Waals surface area contributed by atoms with Crippen LogP contribution in [0.3, 0.4) is 0 Å². The highest BCUT2D eigenvalue weighted by molar-refractivity contribution is 5.92. The summed E-state index contributed by atoms with van der Waals surface area (Å²) in [6.07, 6.45) is 3.81. The average molecular weight is 226 g/mol. The molecule has 6 nitrogen and oxygen atoms in total. The number of aromatic nitrogens is 2. The van der Waals surface area contributed by atoms with Gasteiger partial charge in [0.2, 0.25) is 0 Å².